The summed E-state index contributed by atoms with van der Waals surface area (Å²) in [7, 11) is 0. The van der Waals surface area contributed by atoms with E-state index in [-0.39, 0.29) is 15.4 Å². The fourth-order valence-corrected chi connectivity index (χ4v) is 3.17. The molecule has 20 heavy (non-hydrogen) atoms. The third kappa shape index (κ3) is 3.51. The average Bonchev–Trinajstić information content (AvgIpc) is 2.46. The second-order valence-electron chi connectivity index (χ2n) is 4.53. The molecule has 0 aliphatic rings. The normalized spacial score (nSPS) is 13.8. The third-order valence-electron chi connectivity index (χ3n) is 3.11. The van der Waals surface area contributed by atoms with Crippen molar-refractivity contribution in [3.8, 4) is 0 Å². The predicted octanol–water partition coefficient (Wildman–Crippen LogP) is 5.73. The molecule has 1 nitrogen and oxygen atoms in total. The summed E-state index contributed by atoms with van der Waals surface area (Å²) >= 11 is 13.0. The van der Waals surface area contributed by atoms with Crippen LogP contribution in [-0.2, 0) is 0 Å². The molecule has 0 aliphatic heterocycles. The maximum atomic E-state index is 12.5. The van der Waals surface area contributed by atoms with Crippen molar-refractivity contribution in [3.63, 3.8) is 0 Å². The van der Waals surface area contributed by atoms with Crippen LogP contribution in [0.1, 0.15) is 26.3 Å². The molecule has 0 spiro atoms. The van der Waals surface area contributed by atoms with Gasteiger partial charge in [-0.25, -0.2) is 0 Å². The number of alkyl halides is 2. The van der Waals surface area contributed by atoms with Crippen LogP contribution in [-0.4, -0.2) is 10.6 Å². The van der Waals surface area contributed by atoms with Gasteiger partial charge in [0.2, 0.25) is 0 Å². The van der Waals surface area contributed by atoms with Crippen molar-refractivity contribution in [2.24, 2.45) is 0 Å². The van der Waals surface area contributed by atoms with Gasteiger partial charge in [0.15, 0.2) is 5.78 Å². The van der Waals surface area contributed by atoms with Crippen LogP contribution in [0.4, 0.5) is 0 Å². The first-order valence-electron chi connectivity index (χ1n) is 6.14. The van der Waals surface area contributed by atoms with Gasteiger partial charge in [-0.3, -0.25) is 4.79 Å². The van der Waals surface area contributed by atoms with E-state index >= 15 is 0 Å². The number of rotatable bonds is 4. The highest BCUT2D eigenvalue weighted by molar-refractivity contribution is 9.12. The van der Waals surface area contributed by atoms with E-state index < -0.39 is 0 Å². The average molecular weight is 417 g/mol. The topological polar surface area (TPSA) is 17.1 Å². The zero-order chi connectivity index (χ0) is 14.7. The van der Waals surface area contributed by atoms with Crippen LogP contribution in [0.3, 0.4) is 0 Å². The Bertz CT molecular complexity index is 610. The van der Waals surface area contributed by atoms with Crippen molar-refractivity contribution in [2.75, 3.05) is 0 Å². The maximum Gasteiger partial charge on any atom is 0.178 e. The number of aryl methyl sites for hydroxylation is 1. The predicted molar refractivity (Wildman–Crippen MR) is 91.3 cm³/mol. The molecule has 0 amide bonds. The van der Waals surface area contributed by atoms with E-state index in [0.29, 0.717) is 5.02 Å². The molecule has 0 N–H and O–H groups in total. The van der Waals surface area contributed by atoms with Gasteiger partial charge in [-0.2, -0.15) is 0 Å². The molecule has 0 saturated carbocycles. The first-order chi connectivity index (χ1) is 9.50. The van der Waals surface area contributed by atoms with Crippen LogP contribution < -0.4 is 0 Å². The Balaban J connectivity index is 2.22. The number of ketones is 1. The number of benzene rings is 2. The molecule has 2 aromatic rings. The summed E-state index contributed by atoms with van der Waals surface area (Å²) in [6.45, 7) is 1.94. The van der Waals surface area contributed by atoms with E-state index in [1.54, 1.807) is 0 Å². The molecule has 2 aromatic carbocycles. The van der Waals surface area contributed by atoms with E-state index in [2.05, 4.69) is 31.9 Å². The Morgan fingerprint density at radius 3 is 2.25 bits per heavy atom. The molecule has 0 bridgehead atoms. The SMILES string of the molecule is Cc1ccccc1C(=O)C(Br)C(Br)c1ccc(Cl)cc1. The summed E-state index contributed by atoms with van der Waals surface area (Å²) in [5.41, 5.74) is 2.74. The van der Waals surface area contributed by atoms with Gasteiger partial charge in [0.1, 0.15) is 0 Å². The van der Waals surface area contributed by atoms with E-state index in [1.165, 1.54) is 0 Å². The van der Waals surface area contributed by atoms with Crippen LogP contribution in [0.25, 0.3) is 0 Å². The van der Waals surface area contributed by atoms with Crippen LogP contribution >= 0.6 is 43.5 Å². The minimum absolute atomic E-state index is 0.0694. The number of hydrogen-bond donors (Lipinski definition) is 0. The number of Topliss-reactive ketones (excluding diaryl/α,β-unsaturated/α-hetero) is 1. The summed E-state index contributed by atoms with van der Waals surface area (Å²) in [5, 5.41) is 0.685. The van der Waals surface area contributed by atoms with Gasteiger partial charge in [-0.1, -0.05) is 79.9 Å². The third-order valence-corrected chi connectivity index (χ3v) is 6.07. The lowest BCUT2D eigenvalue weighted by molar-refractivity contribution is 0.0990. The van der Waals surface area contributed by atoms with Crippen molar-refractivity contribution >= 4 is 49.2 Å². The maximum absolute atomic E-state index is 12.5. The van der Waals surface area contributed by atoms with Crippen molar-refractivity contribution in [1.82, 2.24) is 0 Å². The number of halogens is 3. The second-order valence-corrected chi connectivity index (χ2v) is 6.94. The Hall–Kier alpha value is -0.640. The summed E-state index contributed by atoms with van der Waals surface area (Å²) < 4.78 is 0. The number of carbonyl (C=O) groups excluding carboxylic acids is 1. The largest absolute Gasteiger partial charge is 0.293 e. The minimum Gasteiger partial charge on any atom is -0.293 e. The van der Waals surface area contributed by atoms with Gasteiger partial charge in [-0.15, -0.1) is 0 Å². The second kappa shape index (κ2) is 6.88. The summed E-state index contributed by atoms with van der Waals surface area (Å²) in [5.74, 6) is 0.0694. The van der Waals surface area contributed by atoms with E-state index in [0.717, 1.165) is 16.7 Å². The van der Waals surface area contributed by atoms with Crippen molar-refractivity contribution in [2.45, 2.75) is 16.6 Å². The smallest absolute Gasteiger partial charge is 0.178 e. The first-order valence-corrected chi connectivity index (χ1v) is 8.35. The number of hydrogen-bond acceptors (Lipinski definition) is 1. The lowest BCUT2D eigenvalue weighted by atomic mass is 9.99. The Morgan fingerprint density at radius 1 is 1.05 bits per heavy atom. The van der Waals surface area contributed by atoms with E-state index in [4.69, 9.17) is 11.6 Å². The summed E-state index contributed by atoms with van der Waals surface area (Å²) in [6, 6.07) is 15.1. The van der Waals surface area contributed by atoms with Crippen molar-refractivity contribution in [3.05, 3.63) is 70.2 Å². The molecule has 2 atom stereocenters. The molecule has 104 valence electrons. The van der Waals surface area contributed by atoms with E-state index in [9.17, 15) is 4.79 Å². The molecule has 2 unspecified atom stereocenters. The van der Waals surface area contributed by atoms with Gasteiger partial charge in [0.25, 0.3) is 0 Å². The van der Waals surface area contributed by atoms with E-state index in [1.807, 2.05) is 55.5 Å². The Labute approximate surface area is 140 Å². The molecule has 2 rings (SSSR count). The van der Waals surface area contributed by atoms with Crippen LogP contribution in [0.2, 0.25) is 5.02 Å². The fourth-order valence-electron chi connectivity index (χ4n) is 1.95. The molecule has 4 heteroatoms. The van der Waals surface area contributed by atoms with Crippen LogP contribution in [0, 0.1) is 6.92 Å². The van der Waals surface area contributed by atoms with Crippen molar-refractivity contribution in [1.29, 1.82) is 0 Å². The van der Waals surface area contributed by atoms with Gasteiger partial charge in [0, 0.05) is 10.6 Å². The fraction of sp³-hybridized carbons (Fsp3) is 0.188. The summed E-state index contributed by atoms with van der Waals surface area (Å²) in [4.78, 5) is 12.1. The highest BCUT2D eigenvalue weighted by Crippen LogP contribution is 2.34. The lowest BCUT2D eigenvalue weighted by Crippen LogP contribution is -2.20. The van der Waals surface area contributed by atoms with Gasteiger partial charge < -0.3 is 0 Å². The Morgan fingerprint density at radius 2 is 1.65 bits per heavy atom. The van der Waals surface area contributed by atoms with Gasteiger partial charge >= 0.3 is 0 Å². The Kier molecular flexibility index (Phi) is 5.42. The minimum atomic E-state index is -0.329. The highest BCUT2D eigenvalue weighted by atomic mass is 79.9. The van der Waals surface area contributed by atoms with Crippen LogP contribution in [0.15, 0.2) is 48.5 Å². The van der Waals surface area contributed by atoms with Gasteiger partial charge in [0.05, 0.1) is 9.65 Å². The zero-order valence-corrected chi connectivity index (χ0v) is 14.7. The molecule has 0 aromatic heterocycles. The number of carbonyl (C=O) groups is 1. The molecule has 0 heterocycles. The standard InChI is InChI=1S/C16H13Br2ClO/c1-10-4-2-3-5-13(10)16(20)15(18)14(17)11-6-8-12(19)9-7-11/h2-9,14-15H,1H3. The highest BCUT2D eigenvalue weighted by Gasteiger charge is 2.26. The molecule has 0 fully saturated rings. The quantitative estimate of drug-likeness (QED) is 0.459. The monoisotopic (exact) mass is 414 g/mol. The molecule has 0 radical (unpaired) electrons. The zero-order valence-electron chi connectivity index (χ0n) is 10.8. The molecule has 0 aliphatic carbocycles. The molecule has 0 saturated heterocycles. The van der Waals surface area contributed by atoms with Crippen LogP contribution in [0.5, 0.6) is 0 Å². The van der Waals surface area contributed by atoms with Gasteiger partial charge in [-0.05, 0) is 30.2 Å². The molecular formula is C16H13Br2ClO. The summed E-state index contributed by atoms with van der Waals surface area (Å²) in [6.07, 6.45) is 0. The molecular weight excluding hydrogens is 403 g/mol. The first kappa shape index (κ1) is 15.7. The lowest BCUT2D eigenvalue weighted by Gasteiger charge is -2.17. The van der Waals surface area contributed by atoms with Crippen molar-refractivity contribution < 1.29 is 4.79 Å².